The molecule has 0 aromatic rings. The van der Waals surface area contributed by atoms with Crippen molar-refractivity contribution < 1.29 is 14.7 Å². The molecule has 0 saturated heterocycles. The number of hydrogen-bond acceptors (Lipinski definition) is 3. The van der Waals surface area contributed by atoms with Crippen molar-refractivity contribution in [2.75, 3.05) is 12.3 Å². The molecule has 5 heteroatoms. The van der Waals surface area contributed by atoms with Gasteiger partial charge in [-0.1, -0.05) is 51.9 Å². The number of hydrogen-bond donors (Lipinski definition) is 3. The zero-order valence-corrected chi connectivity index (χ0v) is 14.9. The highest BCUT2D eigenvalue weighted by Crippen LogP contribution is 2.10. The first kappa shape index (κ1) is 21.3. The minimum atomic E-state index is -0.688. The predicted molar refractivity (Wildman–Crippen MR) is 94.4 cm³/mol. The van der Waals surface area contributed by atoms with Gasteiger partial charge >= 0.3 is 5.97 Å². The van der Waals surface area contributed by atoms with Crippen LogP contribution in [0.5, 0.6) is 0 Å². The highest BCUT2D eigenvalue weighted by molar-refractivity contribution is 7.80. The molecule has 0 radical (unpaired) electrons. The summed E-state index contributed by atoms with van der Waals surface area (Å²) in [5.74, 6) is 0.284. The van der Waals surface area contributed by atoms with Gasteiger partial charge in [0.1, 0.15) is 0 Å². The molecule has 1 atom stereocenters. The van der Waals surface area contributed by atoms with Crippen LogP contribution in [0.15, 0.2) is 0 Å². The molecule has 1 amide bonds. The van der Waals surface area contributed by atoms with Crippen LogP contribution in [0, 0.1) is 5.92 Å². The van der Waals surface area contributed by atoms with E-state index in [1.807, 2.05) is 6.92 Å². The number of amides is 1. The third kappa shape index (κ3) is 14.2. The van der Waals surface area contributed by atoms with Crippen LogP contribution in [-0.2, 0) is 9.59 Å². The van der Waals surface area contributed by atoms with Gasteiger partial charge in [-0.2, -0.15) is 12.6 Å². The molecule has 0 aromatic heterocycles. The van der Waals surface area contributed by atoms with Gasteiger partial charge in [-0.15, -0.1) is 0 Å². The van der Waals surface area contributed by atoms with Gasteiger partial charge in [-0.25, -0.2) is 0 Å². The summed E-state index contributed by atoms with van der Waals surface area (Å²) in [5.41, 5.74) is 0. The molecule has 0 spiro atoms. The lowest BCUT2D eigenvalue weighted by atomic mass is 10.1. The smallest absolute Gasteiger partial charge is 0.303 e. The number of aliphatic carboxylic acids is 1. The Bertz CT molecular complexity index is 298. The number of carbonyl (C=O) groups excluding carboxylic acids is 1. The van der Waals surface area contributed by atoms with Crippen LogP contribution in [0.1, 0.15) is 77.6 Å². The van der Waals surface area contributed by atoms with E-state index in [0.29, 0.717) is 6.42 Å². The Morgan fingerprint density at radius 1 is 0.955 bits per heavy atom. The third-order valence-electron chi connectivity index (χ3n) is 3.88. The first-order valence-corrected chi connectivity index (χ1v) is 9.31. The predicted octanol–water partition coefficient (Wildman–Crippen LogP) is 4.04. The second-order valence-corrected chi connectivity index (χ2v) is 6.48. The second-order valence-electron chi connectivity index (χ2n) is 6.03. The topological polar surface area (TPSA) is 66.4 Å². The van der Waals surface area contributed by atoms with Gasteiger partial charge in [0, 0.05) is 18.9 Å². The lowest BCUT2D eigenvalue weighted by Gasteiger charge is -2.10. The molecule has 0 fully saturated rings. The summed E-state index contributed by atoms with van der Waals surface area (Å²) in [6.45, 7) is 2.73. The number of unbranched alkanes of at least 4 members (excludes halogenated alkanes) is 8. The van der Waals surface area contributed by atoms with E-state index in [1.54, 1.807) is 0 Å². The Kier molecular flexibility index (Phi) is 14.7. The van der Waals surface area contributed by atoms with Crippen LogP contribution < -0.4 is 5.32 Å². The Hall–Kier alpha value is -0.710. The van der Waals surface area contributed by atoms with Crippen molar-refractivity contribution in [1.29, 1.82) is 0 Å². The summed E-state index contributed by atoms with van der Waals surface area (Å²) in [7, 11) is 0. The maximum atomic E-state index is 11.7. The molecule has 4 nitrogen and oxygen atoms in total. The Balaban J connectivity index is 3.20. The van der Waals surface area contributed by atoms with Gasteiger partial charge in [0.25, 0.3) is 0 Å². The first-order valence-electron chi connectivity index (χ1n) is 8.68. The molecule has 22 heavy (non-hydrogen) atoms. The second kappa shape index (κ2) is 15.2. The Labute approximate surface area is 140 Å². The summed E-state index contributed by atoms with van der Waals surface area (Å²) >= 11 is 4.14. The fourth-order valence-corrected chi connectivity index (χ4v) is 2.74. The van der Waals surface area contributed by atoms with Crippen LogP contribution in [0.2, 0.25) is 0 Å². The Morgan fingerprint density at radius 2 is 1.45 bits per heavy atom. The fraction of sp³-hybridized carbons (Fsp3) is 0.882. The van der Waals surface area contributed by atoms with Gasteiger partial charge in [-0.05, 0) is 25.0 Å². The van der Waals surface area contributed by atoms with Crippen molar-refractivity contribution in [3.63, 3.8) is 0 Å². The lowest BCUT2D eigenvalue weighted by molar-refractivity contribution is -0.137. The van der Waals surface area contributed by atoms with Crippen LogP contribution in [0.25, 0.3) is 0 Å². The van der Waals surface area contributed by atoms with Gasteiger partial charge in [0.05, 0.1) is 0 Å². The van der Waals surface area contributed by atoms with Crippen molar-refractivity contribution in [3.05, 3.63) is 0 Å². The van der Waals surface area contributed by atoms with E-state index in [2.05, 4.69) is 17.9 Å². The molecule has 130 valence electrons. The van der Waals surface area contributed by atoms with E-state index in [9.17, 15) is 9.59 Å². The standard InChI is InChI=1S/C17H33NO3S/c1-15(12-14-22)17(21)18-13-10-8-6-4-2-3-5-7-9-11-16(19)20/h15,22H,2-14H2,1H3,(H,18,21)(H,19,20). The van der Waals surface area contributed by atoms with E-state index in [0.717, 1.165) is 44.4 Å². The highest BCUT2D eigenvalue weighted by Gasteiger charge is 2.10. The molecule has 0 rings (SSSR count). The normalized spacial score (nSPS) is 12.1. The highest BCUT2D eigenvalue weighted by atomic mass is 32.1. The molecule has 2 N–H and O–H groups in total. The summed E-state index contributed by atoms with van der Waals surface area (Å²) in [6.07, 6.45) is 11.2. The molecule has 0 heterocycles. The molecule has 0 aliphatic heterocycles. The number of rotatable bonds is 15. The average Bonchev–Trinajstić information content (AvgIpc) is 2.48. The zero-order valence-electron chi connectivity index (χ0n) is 14.0. The average molecular weight is 332 g/mol. The number of nitrogens with one attached hydrogen (secondary N) is 1. The minimum Gasteiger partial charge on any atom is -0.481 e. The van der Waals surface area contributed by atoms with Crippen molar-refractivity contribution in [2.24, 2.45) is 5.92 Å². The monoisotopic (exact) mass is 331 g/mol. The van der Waals surface area contributed by atoms with Crippen molar-refractivity contribution in [1.82, 2.24) is 5.32 Å². The Morgan fingerprint density at radius 3 is 1.95 bits per heavy atom. The van der Waals surface area contributed by atoms with Gasteiger partial charge < -0.3 is 10.4 Å². The molecular weight excluding hydrogens is 298 g/mol. The molecule has 0 aliphatic carbocycles. The maximum absolute atomic E-state index is 11.7. The van der Waals surface area contributed by atoms with E-state index >= 15 is 0 Å². The molecule has 0 aromatic carbocycles. The zero-order chi connectivity index (χ0) is 16.6. The number of carbonyl (C=O) groups is 2. The van der Waals surface area contributed by atoms with Crippen LogP contribution in [0.4, 0.5) is 0 Å². The van der Waals surface area contributed by atoms with Crippen LogP contribution >= 0.6 is 12.6 Å². The molecule has 0 bridgehead atoms. The van der Waals surface area contributed by atoms with Crippen molar-refractivity contribution in [2.45, 2.75) is 77.6 Å². The summed E-state index contributed by atoms with van der Waals surface area (Å²) in [5, 5.41) is 11.5. The largest absolute Gasteiger partial charge is 0.481 e. The maximum Gasteiger partial charge on any atom is 0.303 e. The fourth-order valence-electron chi connectivity index (χ4n) is 2.35. The summed E-state index contributed by atoms with van der Waals surface area (Å²) in [6, 6.07) is 0. The van der Waals surface area contributed by atoms with Crippen LogP contribution in [-0.4, -0.2) is 29.3 Å². The van der Waals surface area contributed by atoms with E-state index in [1.165, 1.54) is 32.1 Å². The van der Waals surface area contributed by atoms with Crippen molar-refractivity contribution in [3.8, 4) is 0 Å². The molecule has 1 unspecified atom stereocenters. The number of carboxylic acid groups (broad SMARTS) is 1. The van der Waals surface area contributed by atoms with E-state index in [-0.39, 0.29) is 11.8 Å². The van der Waals surface area contributed by atoms with Crippen molar-refractivity contribution >= 4 is 24.5 Å². The minimum absolute atomic E-state index is 0.0682. The van der Waals surface area contributed by atoms with E-state index in [4.69, 9.17) is 5.11 Å². The molecule has 0 saturated carbocycles. The van der Waals surface area contributed by atoms with Gasteiger partial charge in [-0.3, -0.25) is 9.59 Å². The summed E-state index contributed by atoms with van der Waals surface area (Å²) in [4.78, 5) is 22.0. The first-order chi connectivity index (χ1) is 10.6. The summed E-state index contributed by atoms with van der Waals surface area (Å²) < 4.78 is 0. The SMILES string of the molecule is CC(CCS)C(=O)NCCCCCCCCCCCC(=O)O. The molecular formula is C17H33NO3S. The van der Waals surface area contributed by atoms with Gasteiger partial charge in [0.2, 0.25) is 5.91 Å². The van der Waals surface area contributed by atoms with Gasteiger partial charge in [0.15, 0.2) is 0 Å². The number of carboxylic acids is 1. The quantitative estimate of drug-likeness (QED) is 0.313. The van der Waals surface area contributed by atoms with Crippen LogP contribution in [0.3, 0.4) is 0 Å². The lowest BCUT2D eigenvalue weighted by Crippen LogP contribution is -2.30. The number of thiol groups is 1. The van der Waals surface area contributed by atoms with E-state index < -0.39 is 5.97 Å². The molecule has 0 aliphatic rings. The third-order valence-corrected chi connectivity index (χ3v) is 4.13.